The molecule has 5 heterocycles. The van der Waals surface area contributed by atoms with Crippen molar-refractivity contribution in [3.05, 3.63) is 152 Å². The fourth-order valence-corrected chi connectivity index (χ4v) is 5.96. The number of nitrogens with zero attached hydrogens (tertiary/aromatic N) is 5. The Kier molecular flexibility index (Phi) is 6.05. The standard InChI is InChI=1S/C38H25N5/c1-2-10-30(11-3-1)43-35-16-14-26(31-12-6-20-41-37(31)28-8-4-18-39-24-28)22-33(35)34-23-27(15-17-36(34)43)32-13-7-21-42-38(32)29-9-5-19-40-25-29/h1-25H. The van der Waals surface area contributed by atoms with Crippen molar-refractivity contribution in [2.75, 3.05) is 0 Å². The summed E-state index contributed by atoms with van der Waals surface area (Å²) in [7, 11) is 0. The SMILES string of the molecule is c1ccc(-n2c3ccc(-c4cccnc4-c4cccnc4)cc3c3cc(-c4cccnc4-c4cccnc4)ccc32)cc1. The number of benzene rings is 3. The highest BCUT2D eigenvalue weighted by atomic mass is 15.0. The largest absolute Gasteiger partial charge is 0.309 e. The number of pyridine rings is 4. The lowest BCUT2D eigenvalue weighted by Crippen LogP contribution is -1.93. The van der Waals surface area contributed by atoms with E-state index in [0.717, 1.165) is 61.5 Å². The summed E-state index contributed by atoms with van der Waals surface area (Å²) in [6.07, 6.45) is 11.0. The molecule has 5 heteroatoms. The molecule has 0 radical (unpaired) electrons. The number of hydrogen-bond acceptors (Lipinski definition) is 4. The zero-order chi connectivity index (χ0) is 28.6. The molecule has 0 fully saturated rings. The van der Waals surface area contributed by atoms with Gasteiger partial charge in [-0.1, -0.05) is 42.5 Å². The first-order valence-corrected chi connectivity index (χ1v) is 14.2. The molecule has 0 atom stereocenters. The number of rotatable bonds is 5. The van der Waals surface area contributed by atoms with Crippen molar-refractivity contribution in [3.8, 4) is 50.5 Å². The molecule has 0 aliphatic rings. The van der Waals surface area contributed by atoms with E-state index in [0.29, 0.717) is 0 Å². The lowest BCUT2D eigenvalue weighted by molar-refractivity contribution is 1.18. The Bertz CT molecular complexity index is 2080. The van der Waals surface area contributed by atoms with Crippen molar-refractivity contribution < 1.29 is 0 Å². The van der Waals surface area contributed by atoms with E-state index >= 15 is 0 Å². The van der Waals surface area contributed by atoms with E-state index in [1.165, 1.54) is 10.8 Å². The molecule has 202 valence electrons. The van der Waals surface area contributed by atoms with E-state index in [1.807, 2.05) is 49.1 Å². The molecule has 0 bridgehead atoms. The molecular formula is C38H25N5. The summed E-state index contributed by atoms with van der Waals surface area (Å²) >= 11 is 0. The van der Waals surface area contributed by atoms with Crippen LogP contribution in [0.25, 0.3) is 72.3 Å². The minimum absolute atomic E-state index is 0.916. The molecule has 43 heavy (non-hydrogen) atoms. The first-order valence-electron chi connectivity index (χ1n) is 14.2. The number of aromatic nitrogens is 5. The molecule has 0 unspecified atom stereocenters. The van der Waals surface area contributed by atoms with E-state index in [9.17, 15) is 0 Å². The van der Waals surface area contributed by atoms with Gasteiger partial charge in [0.2, 0.25) is 0 Å². The number of para-hydroxylation sites is 1. The van der Waals surface area contributed by atoms with Gasteiger partial charge in [-0.25, -0.2) is 0 Å². The van der Waals surface area contributed by atoms with Crippen LogP contribution in [-0.4, -0.2) is 24.5 Å². The van der Waals surface area contributed by atoms with E-state index in [1.54, 1.807) is 12.4 Å². The maximum Gasteiger partial charge on any atom is 0.0795 e. The second-order valence-electron chi connectivity index (χ2n) is 10.4. The predicted octanol–water partition coefficient (Wildman–Crippen LogP) is 9.03. The van der Waals surface area contributed by atoms with Crippen LogP contribution in [0, 0.1) is 0 Å². The summed E-state index contributed by atoms with van der Waals surface area (Å²) in [5.41, 5.74) is 11.6. The lowest BCUT2D eigenvalue weighted by Gasteiger charge is -2.10. The highest BCUT2D eigenvalue weighted by molar-refractivity contribution is 6.12. The first-order chi connectivity index (χ1) is 21.3. The topological polar surface area (TPSA) is 56.5 Å². The van der Waals surface area contributed by atoms with Gasteiger partial charge < -0.3 is 4.57 Å². The first kappa shape index (κ1) is 24.8. The molecule has 5 aromatic heterocycles. The van der Waals surface area contributed by atoms with Crippen molar-refractivity contribution in [2.24, 2.45) is 0 Å². The Morgan fingerprint density at radius 2 is 0.930 bits per heavy atom. The van der Waals surface area contributed by atoms with Gasteiger partial charge in [0, 0.05) is 75.9 Å². The van der Waals surface area contributed by atoms with E-state index in [2.05, 4.69) is 106 Å². The van der Waals surface area contributed by atoms with Crippen LogP contribution in [0.5, 0.6) is 0 Å². The molecule has 0 saturated heterocycles. The third kappa shape index (κ3) is 4.35. The average molecular weight is 552 g/mol. The van der Waals surface area contributed by atoms with E-state index in [4.69, 9.17) is 9.97 Å². The average Bonchev–Trinajstić information content (AvgIpc) is 3.42. The molecule has 8 aromatic rings. The molecule has 0 amide bonds. The Balaban J connectivity index is 1.38. The third-order valence-corrected chi connectivity index (χ3v) is 7.89. The van der Waals surface area contributed by atoms with Gasteiger partial charge in [0.25, 0.3) is 0 Å². The fourth-order valence-electron chi connectivity index (χ4n) is 5.96. The van der Waals surface area contributed by atoms with Gasteiger partial charge in [-0.3, -0.25) is 19.9 Å². The van der Waals surface area contributed by atoms with Crippen molar-refractivity contribution >= 4 is 21.8 Å². The van der Waals surface area contributed by atoms with Crippen molar-refractivity contribution in [1.82, 2.24) is 24.5 Å². The van der Waals surface area contributed by atoms with Crippen LogP contribution >= 0.6 is 0 Å². The monoisotopic (exact) mass is 551 g/mol. The van der Waals surface area contributed by atoms with E-state index < -0.39 is 0 Å². The summed E-state index contributed by atoms with van der Waals surface area (Å²) < 4.78 is 2.34. The smallest absolute Gasteiger partial charge is 0.0795 e. The number of hydrogen-bond donors (Lipinski definition) is 0. The fraction of sp³-hybridized carbons (Fsp3) is 0. The second kappa shape index (κ2) is 10.5. The second-order valence-corrected chi connectivity index (χ2v) is 10.4. The van der Waals surface area contributed by atoms with Crippen LogP contribution in [0.3, 0.4) is 0 Å². The molecule has 0 aliphatic carbocycles. The maximum absolute atomic E-state index is 4.76. The summed E-state index contributed by atoms with van der Waals surface area (Å²) in [5.74, 6) is 0. The Hall–Kier alpha value is -5.94. The van der Waals surface area contributed by atoms with Crippen LogP contribution in [0.2, 0.25) is 0 Å². The Morgan fingerprint density at radius 1 is 0.419 bits per heavy atom. The minimum Gasteiger partial charge on any atom is -0.309 e. The molecule has 0 N–H and O–H groups in total. The zero-order valence-electron chi connectivity index (χ0n) is 23.2. The third-order valence-electron chi connectivity index (χ3n) is 7.89. The van der Waals surface area contributed by atoms with Crippen LogP contribution in [0.15, 0.2) is 152 Å². The summed E-state index contributed by atoms with van der Waals surface area (Å²) in [4.78, 5) is 18.2. The van der Waals surface area contributed by atoms with Crippen molar-refractivity contribution in [2.45, 2.75) is 0 Å². The summed E-state index contributed by atoms with van der Waals surface area (Å²) in [6.45, 7) is 0. The molecule has 3 aromatic carbocycles. The summed E-state index contributed by atoms with van der Waals surface area (Å²) in [6, 6.07) is 40.2. The normalized spacial score (nSPS) is 11.3. The highest BCUT2D eigenvalue weighted by Crippen LogP contribution is 2.39. The minimum atomic E-state index is 0.916. The van der Waals surface area contributed by atoms with Crippen LogP contribution in [-0.2, 0) is 0 Å². The Morgan fingerprint density at radius 3 is 1.42 bits per heavy atom. The number of fused-ring (bicyclic) bond motifs is 3. The maximum atomic E-state index is 4.76. The lowest BCUT2D eigenvalue weighted by atomic mass is 9.96. The van der Waals surface area contributed by atoms with Gasteiger partial charge in [-0.05, 0) is 83.9 Å². The van der Waals surface area contributed by atoms with Gasteiger partial charge in [0.05, 0.1) is 22.4 Å². The molecule has 8 rings (SSSR count). The van der Waals surface area contributed by atoms with Gasteiger partial charge in [0.1, 0.15) is 0 Å². The van der Waals surface area contributed by atoms with Crippen LogP contribution < -0.4 is 0 Å². The quantitative estimate of drug-likeness (QED) is 0.214. The molecule has 0 aliphatic heterocycles. The molecular weight excluding hydrogens is 526 g/mol. The van der Waals surface area contributed by atoms with Gasteiger partial charge >= 0.3 is 0 Å². The van der Waals surface area contributed by atoms with Gasteiger partial charge in [0.15, 0.2) is 0 Å². The van der Waals surface area contributed by atoms with Crippen molar-refractivity contribution in [1.29, 1.82) is 0 Å². The van der Waals surface area contributed by atoms with E-state index in [-0.39, 0.29) is 0 Å². The Labute approximate surface area is 248 Å². The highest BCUT2D eigenvalue weighted by Gasteiger charge is 2.17. The molecule has 0 saturated carbocycles. The predicted molar refractivity (Wildman–Crippen MR) is 174 cm³/mol. The van der Waals surface area contributed by atoms with Gasteiger partial charge in [-0.2, -0.15) is 0 Å². The molecule has 0 spiro atoms. The van der Waals surface area contributed by atoms with Crippen LogP contribution in [0.1, 0.15) is 0 Å². The van der Waals surface area contributed by atoms with Gasteiger partial charge in [-0.15, -0.1) is 0 Å². The summed E-state index contributed by atoms with van der Waals surface area (Å²) in [5, 5.41) is 2.34. The van der Waals surface area contributed by atoms with Crippen molar-refractivity contribution in [3.63, 3.8) is 0 Å². The zero-order valence-corrected chi connectivity index (χ0v) is 23.2. The van der Waals surface area contributed by atoms with Crippen LogP contribution in [0.4, 0.5) is 0 Å². The molecule has 5 nitrogen and oxygen atoms in total.